The number of halogens is 1. The van der Waals surface area contributed by atoms with Gasteiger partial charge in [-0.1, -0.05) is 30.7 Å². The van der Waals surface area contributed by atoms with E-state index < -0.39 is 0 Å². The van der Waals surface area contributed by atoms with E-state index in [1.807, 2.05) is 57.2 Å². The van der Waals surface area contributed by atoms with Crippen LogP contribution in [0.5, 0.6) is 5.75 Å². The van der Waals surface area contributed by atoms with Crippen molar-refractivity contribution in [2.45, 2.75) is 40.3 Å². The molecule has 0 atom stereocenters. The third-order valence-electron chi connectivity index (χ3n) is 4.49. The zero-order valence-electron chi connectivity index (χ0n) is 15.9. The average Bonchev–Trinajstić information content (AvgIpc) is 3.02. The van der Waals surface area contributed by atoms with Crippen molar-refractivity contribution < 1.29 is 9.53 Å². The second-order valence-corrected chi connectivity index (χ2v) is 6.90. The van der Waals surface area contributed by atoms with Crippen LogP contribution >= 0.6 is 11.6 Å². The highest BCUT2D eigenvalue weighted by Gasteiger charge is 2.11. The molecule has 1 heterocycles. The van der Waals surface area contributed by atoms with Crippen molar-refractivity contribution in [3.63, 3.8) is 0 Å². The molecule has 5 nitrogen and oxygen atoms in total. The van der Waals surface area contributed by atoms with Crippen molar-refractivity contribution in [3.8, 4) is 5.75 Å². The molecule has 1 aromatic heterocycles. The third kappa shape index (κ3) is 4.42. The number of imidazole rings is 1. The quantitative estimate of drug-likeness (QED) is 0.655. The van der Waals surface area contributed by atoms with Gasteiger partial charge in [-0.25, -0.2) is 4.98 Å². The van der Waals surface area contributed by atoms with Gasteiger partial charge in [0.15, 0.2) is 0 Å². The van der Waals surface area contributed by atoms with E-state index in [1.54, 1.807) is 0 Å². The molecule has 0 aliphatic heterocycles. The molecular formula is C21H24ClN3O2. The highest BCUT2D eigenvalue weighted by Crippen LogP contribution is 2.26. The molecule has 0 saturated carbocycles. The number of rotatable bonds is 7. The van der Waals surface area contributed by atoms with E-state index in [4.69, 9.17) is 16.3 Å². The lowest BCUT2D eigenvalue weighted by Gasteiger charge is -2.13. The molecule has 0 spiro atoms. The summed E-state index contributed by atoms with van der Waals surface area (Å²) in [6.45, 7) is 7.32. The second-order valence-electron chi connectivity index (χ2n) is 6.52. The van der Waals surface area contributed by atoms with Gasteiger partial charge in [-0.2, -0.15) is 0 Å². The highest BCUT2D eigenvalue weighted by molar-refractivity contribution is 6.32. The van der Waals surface area contributed by atoms with Crippen LogP contribution in [0.2, 0.25) is 5.02 Å². The Morgan fingerprint density at radius 3 is 2.63 bits per heavy atom. The Bertz CT molecular complexity index is 942. The number of carbonyl (C=O) groups is 1. The van der Waals surface area contributed by atoms with E-state index in [0.29, 0.717) is 26.1 Å². The zero-order valence-corrected chi connectivity index (χ0v) is 16.6. The van der Waals surface area contributed by atoms with Gasteiger partial charge in [0.05, 0.1) is 24.1 Å². The van der Waals surface area contributed by atoms with Crippen molar-refractivity contribution in [2.75, 3.05) is 6.61 Å². The molecule has 0 radical (unpaired) electrons. The van der Waals surface area contributed by atoms with Crippen LogP contribution in [0.1, 0.15) is 30.3 Å². The maximum Gasteiger partial charge on any atom is 0.220 e. The van der Waals surface area contributed by atoms with Gasteiger partial charge in [0.25, 0.3) is 0 Å². The fourth-order valence-electron chi connectivity index (χ4n) is 3.06. The van der Waals surface area contributed by atoms with E-state index in [9.17, 15) is 4.79 Å². The summed E-state index contributed by atoms with van der Waals surface area (Å²) in [5.41, 5.74) is 3.95. The van der Waals surface area contributed by atoms with Crippen LogP contribution in [0.15, 0.2) is 36.4 Å². The van der Waals surface area contributed by atoms with Crippen LogP contribution in [0.3, 0.4) is 0 Å². The number of ether oxygens (including phenoxy) is 1. The molecule has 0 saturated heterocycles. The number of aryl methyl sites for hydroxylation is 2. The summed E-state index contributed by atoms with van der Waals surface area (Å²) < 4.78 is 8.05. The molecule has 27 heavy (non-hydrogen) atoms. The fraction of sp³-hybridized carbons (Fsp3) is 0.333. The molecule has 2 aromatic carbocycles. The number of carbonyl (C=O) groups excluding carboxylic acids is 1. The van der Waals surface area contributed by atoms with Crippen LogP contribution in [0, 0.1) is 13.8 Å². The highest BCUT2D eigenvalue weighted by atomic mass is 35.5. The van der Waals surface area contributed by atoms with Gasteiger partial charge in [0, 0.05) is 11.4 Å². The first-order chi connectivity index (χ1) is 13.0. The van der Waals surface area contributed by atoms with Crippen molar-refractivity contribution in [1.82, 2.24) is 14.9 Å². The normalized spacial score (nSPS) is 11.0. The standard InChI is InChI=1S/C21H24ClN3O2/c1-4-20(26)23-13-19-24-17-7-5-6-8-18(17)25(19)9-10-27-16-11-14(2)21(22)15(3)12-16/h5-8,11-12H,4,9-10,13H2,1-3H3,(H,23,26). The molecule has 0 aliphatic carbocycles. The summed E-state index contributed by atoms with van der Waals surface area (Å²) >= 11 is 6.22. The Labute approximate surface area is 164 Å². The molecule has 0 bridgehead atoms. The first kappa shape index (κ1) is 19.2. The second kappa shape index (κ2) is 8.44. The lowest BCUT2D eigenvalue weighted by atomic mass is 10.1. The number of nitrogens with zero attached hydrogens (tertiary/aromatic N) is 2. The molecule has 1 amide bonds. The summed E-state index contributed by atoms with van der Waals surface area (Å²) in [6, 6.07) is 11.9. The fourth-order valence-corrected chi connectivity index (χ4v) is 3.17. The predicted molar refractivity (Wildman–Crippen MR) is 108 cm³/mol. The number of fused-ring (bicyclic) bond motifs is 1. The summed E-state index contributed by atoms with van der Waals surface area (Å²) in [5, 5.41) is 3.68. The first-order valence-electron chi connectivity index (χ1n) is 9.10. The number of aromatic nitrogens is 2. The van der Waals surface area contributed by atoms with E-state index in [2.05, 4.69) is 14.9 Å². The smallest absolute Gasteiger partial charge is 0.220 e. The van der Waals surface area contributed by atoms with Gasteiger partial charge in [-0.3, -0.25) is 4.79 Å². The number of para-hydroxylation sites is 2. The van der Waals surface area contributed by atoms with Crippen molar-refractivity contribution in [1.29, 1.82) is 0 Å². The van der Waals surface area contributed by atoms with Crippen LogP contribution in [-0.4, -0.2) is 22.1 Å². The van der Waals surface area contributed by atoms with Gasteiger partial charge < -0.3 is 14.6 Å². The molecule has 0 unspecified atom stereocenters. The largest absolute Gasteiger partial charge is 0.492 e. The number of hydrogen-bond acceptors (Lipinski definition) is 3. The molecule has 1 N–H and O–H groups in total. The molecular weight excluding hydrogens is 362 g/mol. The van der Waals surface area contributed by atoms with Crippen molar-refractivity contribution >= 4 is 28.5 Å². The van der Waals surface area contributed by atoms with Crippen LogP contribution in [0.25, 0.3) is 11.0 Å². The molecule has 0 aliphatic rings. The maximum atomic E-state index is 11.6. The Hall–Kier alpha value is -2.53. The monoisotopic (exact) mass is 385 g/mol. The minimum Gasteiger partial charge on any atom is -0.492 e. The van der Waals surface area contributed by atoms with Crippen LogP contribution in [-0.2, 0) is 17.9 Å². The van der Waals surface area contributed by atoms with Crippen LogP contribution in [0.4, 0.5) is 0 Å². The van der Waals surface area contributed by atoms with Gasteiger partial charge in [-0.05, 0) is 49.2 Å². The summed E-state index contributed by atoms with van der Waals surface area (Å²) in [5.74, 6) is 1.64. The molecule has 6 heteroatoms. The topological polar surface area (TPSA) is 56.2 Å². The maximum absolute atomic E-state index is 11.6. The third-order valence-corrected chi connectivity index (χ3v) is 5.09. The average molecular weight is 386 g/mol. The van der Waals surface area contributed by atoms with Gasteiger partial charge in [0.2, 0.25) is 5.91 Å². The zero-order chi connectivity index (χ0) is 19.4. The molecule has 3 rings (SSSR count). The summed E-state index contributed by atoms with van der Waals surface area (Å²) in [6.07, 6.45) is 0.457. The van der Waals surface area contributed by atoms with Gasteiger partial charge in [-0.15, -0.1) is 0 Å². The first-order valence-corrected chi connectivity index (χ1v) is 9.47. The Morgan fingerprint density at radius 1 is 1.22 bits per heavy atom. The van der Waals surface area contributed by atoms with Gasteiger partial charge >= 0.3 is 0 Å². The predicted octanol–water partition coefficient (Wildman–Crippen LogP) is 4.41. The van der Waals surface area contributed by atoms with Gasteiger partial charge in [0.1, 0.15) is 18.2 Å². The molecule has 3 aromatic rings. The van der Waals surface area contributed by atoms with Crippen molar-refractivity contribution in [3.05, 3.63) is 58.4 Å². The minimum atomic E-state index is 0.0111. The number of benzene rings is 2. The lowest BCUT2D eigenvalue weighted by Crippen LogP contribution is -2.24. The Morgan fingerprint density at radius 2 is 1.93 bits per heavy atom. The Balaban J connectivity index is 1.76. The van der Waals surface area contributed by atoms with E-state index in [0.717, 1.165) is 38.8 Å². The summed E-state index contributed by atoms with van der Waals surface area (Å²) in [7, 11) is 0. The lowest BCUT2D eigenvalue weighted by molar-refractivity contribution is -0.120. The van der Waals surface area contributed by atoms with E-state index >= 15 is 0 Å². The Kier molecular flexibility index (Phi) is 6.01. The van der Waals surface area contributed by atoms with E-state index in [1.165, 1.54) is 0 Å². The summed E-state index contributed by atoms with van der Waals surface area (Å²) in [4.78, 5) is 16.3. The molecule has 142 valence electrons. The minimum absolute atomic E-state index is 0.0111. The SMILES string of the molecule is CCC(=O)NCc1nc2ccccc2n1CCOc1cc(C)c(Cl)c(C)c1. The number of hydrogen-bond donors (Lipinski definition) is 1. The van der Waals surface area contributed by atoms with Crippen LogP contribution < -0.4 is 10.1 Å². The van der Waals surface area contributed by atoms with E-state index in [-0.39, 0.29) is 5.91 Å². The van der Waals surface area contributed by atoms with Crippen molar-refractivity contribution in [2.24, 2.45) is 0 Å². The number of nitrogens with one attached hydrogen (secondary N) is 1. The molecule has 0 fully saturated rings. The number of amides is 1.